The van der Waals surface area contributed by atoms with E-state index in [0.717, 1.165) is 16.7 Å². The van der Waals surface area contributed by atoms with Gasteiger partial charge in [0.15, 0.2) is 0 Å². The fraction of sp³-hybridized carbons (Fsp3) is 0.0870. The molecule has 0 saturated heterocycles. The summed E-state index contributed by atoms with van der Waals surface area (Å²) in [5, 5.41) is 2.93. The highest BCUT2D eigenvalue weighted by atomic mass is 32.2. The fourth-order valence-corrected chi connectivity index (χ4v) is 4.23. The Kier molecular flexibility index (Phi) is 4.94. The number of hydrogen-bond donors (Lipinski definition) is 1. The maximum atomic E-state index is 13.3. The standard InChI is InChI=1S/C23H20N2O3S/c1-16-12-14-19(15-13-16)29(26,27)23-22(24-18-9-4-3-5-10-18)28-21(25-23)20-11-7-6-8-17(20)2/h3-15,24H,1-2H3. The summed E-state index contributed by atoms with van der Waals surface area (Å²) < 4.78 is 32.6. The summed E-state index contributed by atoms with van der Waals surface area (Å²) >= 11 is 0. The summed E-state index contributed by atoms with van der Waals surface area (Å²) in [7, 11) is -3.87. The maximum Gasteiger partial charge on any atom is 0.238 e. The average molecular weight is 404 g/mol. The molecule has 4 rings (SSSR count). The molecule has 0 bridgehead atoms. The smallest absolute Gasteiger partial charge is 0.238 e. The number of para-hydroxylation sites is 1. The molecule has 5 nitrogen and oxygen atoms in total. The fourth-order valence-electron chi connectivity index (χ4n) is 2.98. The second-order valence-corrected chi connectivity index (χ2v) is 8.64. The Balaban J connectivity index is 1.87. The topological polar surface area (TPSA) is 72.2 Å². The molecule has 0 fully saturated rings. The van der Waals surface area contributed by atoms with Crippen LogP contribution in [0.25, 0.3) is 11.5 Å². The molecular formula is C23H20N2O3S. The Morgan fingerprint density at radius 3 is 2.17 bits per heavy atom. The van der Waals surface area contributed by atoms with E-state index < -0.39 is 9.84 Å². The van der Waals surface area contributed by atoms with Crippen molar-refractivity contribution in [3.63, 3.8) is 0 Å². The van der Waals surface area contributed by atoms with Gasteiger partial charge in [-0.05, 0) is 49.7 Å². The lowest BCUT2D eigenvalue weighted by Crippen LogP contribution is -2.05. The van der Waals surface area contributed by atoms with E-state index in [-0.39, 0.29) is 21.7 Å². The molecule has 0 spiro atoms. The van der Waals surface area contributed by atoms with Crippen LogP contribution in [0.1, 0.15) is 11.1 Å². The Labute approximate surface area is 170 Å². The first-order valence-electron chi connectivity index (χ1n) is 9.16. The maximum absolute atomic E-state index is 13.3. The van der Waals surface area contributed by atoms with Crippen molar-refractivity contribution in [2.45, 2.75) is 23.8 Å². The zero-order chi connectivity index (χ0) is 20.4. The molecule has 146 valence electrons. The number of benzene rings is 3. The minimum absolute atomic E-state index is 0.0926. The van der Waals surface area contributed by atoms with Crippen LogP contribution in [0.3, 0.4) is 0 Å². The normalized spacial score (nSPS) is 11.4. The second-order valence-electron chi connectivity index (χ2n) is 6.78. The highest BCUT2D eigenvalue weighted by Gasteiger charge is 2.29. The summed E-state index contributed by atoms with van der Waals surface area (Å²) in [5.41, 5.74) is 3.38. The molecule has 1 N–H and O–H groups in total. The Bertz CT molecular complexity index is 1250. The van der Waals surface area contributed by atoms with Gasteiger partial charge in [0.1, 0.15) is 0 Å². The van der Waals surface area contributed by atoms with Crippen LogP contribution in [0, 0.1) is 13.8 Å². The van der Waals surface area contributed by atoms with E-state index in [1.165, 1.54) is 0 Å². The molecule has 0 aliphatic heterocycles. The van der Waals surface area contributed by atoms with E-state index in [1.807, 2.05) is 68.4 Å². The Morgan fingerprint density at radius 1 is 0.828 bits per heavy atom. The molecule has 1 heterocycles. The number of nitrogens with zero attached hydrogens (tertiary/aromatic N) is 1. The van der Waals surface area contributed by atoms with Gasteiger partial charge in [-0.3, -0.25) is 0 Å². The summed E-state index contributed by atoms with van der Waals surface area (Å²) in [6.07, 6.45) is 0. The van der Waals surface area contributed by atoms with Crippen molar-refractivity contribution in [1.82, 2.24) is 4.98 Å². The van der Waals surface area contributed by atoms with Gasteiger partial charge in [0.05, 0.1) is 4.90 Å². The lowest BCUT2D eigenvalue weighted by Gasteiger charge is -2.06. The van der Waals surface area contributed by atoms with Gasteiger partial charge < -0.3 is 9.73 Å². The third kappa shape index (κ3) is 3.79. The van der Waals surface area contributed by atoms with Crippen molar-refractivity contribution in [3.05, 3.63) is 90.0 Å². The summed E-state index contributed by atoms with van der Waals surface area (Å²) in [6, 6.07) is 23.5. The van der Waals surface area contributed by atoms with Gasteiger partial charge >= 0.3 is 0 Å². The SMILES string of the molecule is Cc1ccc(S(=O)(=O)c2nc(-c3ccccc3C)oc2Nc2ccccc2)cc1. The van der Waals surface area contributed by atoms with Crippen LogP contribution in [0.2, 0.25) is 0 Å². The number of anilines is 2. The first kappa shape index (κ1) is 19.0. The van der Waals surface area contributed by atoms with E-state index in [4.69, 9.17) is 4.42 Å². The number of rotatable bonds is 5. The zero-order valence-electron chi connectivity index (χ0n) is 16.1. The molecule has 0 amide bonds. The van der Waals surface area contributed by atoms with Crippen LogP contribution < -0.4 is 5.32 Å². The van der Waals surface area contributed by atoms with E-state index >= 15 is 0 Å². The van der Waals surface area contributed by atoms with Gasteiger partial charge in [-0.1, -0.05) is 54.1 Å². The third-order valence-electron chi connectivity index (χ3n) is 4.59. The van der Waals surface area contributed by atoms with E-state index in [1.54, 1.807) is 24.3 Å². The predicted molar refractivity (Wildman–Crippen MR) is 113 cm³/mol. The van der Waals surface area contributed by atoms with Crippen molar-refractivity contribution >= 4 is 21.4 Å². The van der Waals surface area contributed by atoms with Crippen molar-refractivity contribution in [2.24, 2.45) is 0 Å². The van der Waals surface area contributed by atoms with Gasteiger partial charge in [0.25, 0.3) is 0 Å². The molecule has 0 aliphatic carbocycles. The molecule has 1 aromatic heterocycles. The molecule has 0 aliphatic rings. The highest BCUT2D eigenvalue weighted by Crippen LogP contribution is 2.35. The van der Waals surface area contributed by atoms with Crippen LogP contribution in [0.5, 0.6) is 0 Å². The van der Waals surface area contributed by atoms with Gasteiger partial charge in [-0.2, -0.15) is 4.98 Å². The lowest BCUT2D eigenvalue weighted by molar-refractivity contribution is 0.581. The predicted octanol–water partition coefficient (Wildman–Crippen LogP) is 5.53. The van der Waals surface area contributed by atoms with Crippen molar-refractivity contribution < 1.29 is 12.8 Å². The van der Waals surface area contributed by atoms with Gasteiger partial charge in [0.2, 0.25) is 26.6 Å². The van der Waals surface area contributed by atoms with Crippen molar-refractivity contribution in [3.8, 4) is 11.5 Å². The molecule has 0 unspecified atom stereocenters. The number of sulfone groups is 1. The summed E-state index contributed by atoms with van der Waals surface area (Å²) in [6.45, 7) is 3.84. The van der Waals surface area contributed by atoms with Crippen molar-refractivity contribution in [1.29, 1.82) is 0 Å². The van der Waals surface area contributed by atoms with Gasteiger partial charge in [-0.25, -0.2) is 8.42 Å². The van der Waals surface area contributed by atoms with Crippen LogP contribution >= 0.6 is 0 Å². The number of aromatic nitrogens is 1. The molecule has 29 heavy (non-hydrogen) atoms. The molecule has 4 aromatic rings. The Hall–Kier alpha value is -3.38. The molecular weight excluding hydrogens is 384 g/mol. The summed E-state index contributed by atoms with van der Waals surface area (Å²) in [5.74, 6) is 0.349. The quantitative estimate of drug-likeness (QED) is 0.473. The van der Waals surface area contributed by atoms with Gasteiger partial charge in [-0.15, -0.1) is 0 Å². The van der Waals surface area contributed by atoms with Crippen molar-refractivity contribution in [2.75, 3.05) is 5.32 Å². The molecule has 0 atom stereocenters. The molecule has 0 saturated carbocycles. The number of nitrogens with one attached hydrogen (secondary N) is 1. The zero-order valence-corrected chi connectivity index (χ0v) is 16.9. The van der Waals surface area contributed by atoms with E-state index in [9.17, 15) is 8.42 Å². The number of aryl methyl sites for hydroxylation is 2. The minimum Gasteiger partial charge on any atom is -0.419 e. The first-order chi connectivity index (χ1) is 13.9. The van der Waals surface area contributed by atoms with Crippen LogP contribution in [-0.4, -0.2) is 13.4 Å². The second kappa shape index (κ2) is 7.56. The van der Waals surface area contributed by atoms with Crippen LogP contribution in [-0.2, 0) is 9.84 Å². The first-order valence-corrected chi connectivity index (χ1v) is 10.6. The van der Waals surface area contributed by atoms with E-state index in [2.05, 4.69) is 10.3 Å². The molecule has 0 radical (unpaired) electrons. The molecule has 6 heteroatoms. The van der Waals surface area contributed by atoms with Crippen LogP contribution in [0.4, 0.5) is 11.6 Å². The average Bonchev–Trinajstić information content (AvgIpc) is 3.14. The minimum atomic E-state index is -3.87. The monoisotopic (exact) mass is 404 g/mol. The number of hydrogen-bond acceptors (Lipinski definition) is 5. The van der Waals surface area contributed by atoms with Gasteiger partial charge in [0, 0.05) is 11.3 Å². The molecule has 3 aromatic carbocycles. The highest BCUT2D eigenvalue weighted by molar-refractivity contribution is 7.91. The van der Waals surface area contributed by atoms with Crippen LogP contribution in [0.15, 0.2) is 93.2 Å². The van der Waals surface area contributed by atoms with E-state index in [0.29, 0.717) is 5.69 Å². The third-order valence-corrected chi connectivity index (χ3v) is 6.27. The lowest BCUT2D eigenvalue weighted by atomic mass is 10.1. The summed E-state index contributed by atoms with van der Waals surface area (Å²) in [4.78, 5) is 4.56. The Morgan fingerprint density at radius 2 is 1.48 bits per heavy atom. The number of oxazole rings is 1. The largest absolute Gasteiger partial charge is 0.419 e.